The molecule has 0 bridgehead atoms. The lowest BCUT2D eigenvalue weighted by molar-refractivity contribution is 0.0777. The Morgan fingerprint density at radius 1 is 1.11 bits per heavy atom. The largest absolute Gasteiger partial charge is 0.497 e. The monoisotopic (exact) mass is 402 g/mol. The van der Waals surface area contributed by atoms with Crippen LogP contribution in [0.2, 0.25) is 0 Å². The normalized spacial score (nSPS) is 15.5. The molecular formula is C21H26N2O4S. The van der Waals surface area contributed by atoms with E-state index >= 15 is 0 Å². The fourth-order valence-electron chi connectivity index (χ4n) is 3.11. The van der Waals surface area contributed by atoms with Gasteiger partial charge in [-0.25, -0.2) is 4.79 Å². The van der Waals surface area contributed by atoms with Crippen molar-refractivity contribution in [1.82, 2.24) is 5.32 Å². The molecule has 0 aliphatic carbocycles. The zero-order valence-corrected chi connectivity index (χ0v) is 17.0. The summed E-state index contributed by atoms with van der Waals surface area (Å²) in [5.74, 6) is 1.22. The van der Waals surface area contributed by atoms with Crippen molar-refractivity contribution in [1.29, 1.82) is 0 Å². The van der Waals surface area contributed by atoms with Crippen molar-refractivity contribution in [3.63, 3.8) is 0 Å². The second-order valence-corrected chi connectivity index (χ2v) is 8.13. The molecule has 0 spiro atoms. The van der Waals surface area contributed by atoms with Crippen LogP contribution < -0.4 is 20.1 Å². The van der Waals surface area contributed by atoms with Crippen LogP contribution in [0.3, 0.4) is 0 Å². The maximum absolute atomic E-state index is 12.5. The molecule has 3 rings (SSSR count). The standard InChI is InChI=1S/C21H26N2O4S/c1-25-16-8-9-18(19(14-16)26-2)23-20(24)22-15-21(10-12-27-13-11-21)28-17-6-4-3-5-7-17/h3-9,14H,10-13,15H2,1-2H3,(H2,22,23,24). The topological polar surface area (TPSA) is 68.8 Å². The average molecular weight is 403 g/mol. The zero-order chi connectivity index (χ0) is 19.8. The van der Waals surface area contributed by atoms with Crippen LogP contribution >= 0.6 is 11.8 Å². The summed E-state index contributed by atoms with van der Waals surface area (Å²) in [6, 6.07) is 15.3. The van der Waals surface area contributed by atoms with Gasteiger partial charge in [0.25, 0.3) is 0 Å². The van der Waals surface area contributed by atoms with Crippen LogP contribution in [0.25, 0.3) is 0 Å². The maximum atomic E-state index is 12.5. The fourth-order valence-corrected chi connectivity index (χ4v) is 4.41. The Hall–Kier alpha value is -2.38. The van der Waals surface area contributed by atoms with Gasteiger partial charge in [-0.3, -0.25) is 0 Å². The molecule has 6 nitrogen and oxygen atoms in total. The van der Waals surface area contributed by atoms with Crippen LogP contribution in [0.15, 0.2) is 53.4 Å². The molecule has 0 atom stereocenters. The number of ether oxygens (including phenoxy) is 3. The molecule has 1 aliphatic rings. The minimum Gasteiger partial charge on any atom is -0.497 e. The van der Waals surface area contributed by atoms with Gasteiger partial charge in [0.05, 0.1) is 19.9 Å². The molecule has 2 amide bonds. The number of carbonyl (C=O) groups excluding carboxylic acids is 1. The minimum absolute atomic E-state index is 0.0824. The second kappa shape index (κ2) is 9.71. The van der Waals surface area contributed by atoms with E-state index in [4.69, 9.17) is 14.2 Å². The first kappa shape index (κ1) is 20.4. The Labute approximate surface area is 169 Å². The summed E-state index contributed by atoms with van der Waals surface area (Å²) in [5, 5.41) is 5.89. The molecule has 1 heterocycles. The molecule has 1 fully saturated rings. The number of hydrogen-bond acceptors (Lipinski definition) is 5. The Morgan fingerprint density at radius 3 is 2.54 bits per heavy atom. The number of carbonyl (C=O) groups is 1. The smallest absolute Gasteiger partial charge is 0.319 e. The second-order valence-electron chi connectivity index (χ2n) is 6.58. The van der Waals surface area contributed by atoms with Gasteiger partial charge in [-0.15, -0.1) is 11.8 Å². The van der Waals surface area contributed by atoms with Crippen LogP contribution in [0.5, 0.6) is 11.5 Å². The summed E-state index contributed by atoms with van der Waals surface area (Å²) in [5.41, 5.74) is 0.595. The number of anilines is 1. The van der Waals surface area contributed by atoms with Crippen molar-refractivity contribution in [2.45, 2.75) is 22.5 Å². The van der Waals surface area contributed by atoms with Crippen molar-refractivity contribution < 1.29 is 19.0 Å². The highest BCUT2D eigenvalue weighted by Crippen LogP contribution is 2.40. The predicted molar refractivity (Wildman–Crippen MR) is 112 cm³/mol. The molecule has 1 saturated heterocycles. The number of amides is 2. The molecule has 7 heteroatoms. The number of hydrogen-bond donors (Lipinski definition) is 2. The first-order valence-electron chi connectivity index (χ1n) is 9.23. The first-order chi connectivity index (χ1) is 13.6. The first-order valence-corrected chi connectivity index (χ1v) is 10.0. The van der Waals surface area contributed by atoms with E-state index in [-0.39, 0.29) is 10.8 Å². The Balaban J connectivity index is 1.64. The van der Waals surface area contributed by atoms with Gasteiger partial charge in [-0.1, -0.05) is 18.2 Å². The van der Waals surface area contributed by atoms with Crippen LogP contribution in [-0.4, -0.2) is 44.8 Å². The molecule has 28 heavy (non-hydrogen) atoms. The van der Waals surface area contributed by atoms with Crippen molar-refractivity contribution in [2.24, 2.45) is 0 Å². The van der Waals surface area contributed by atoms with Crippen molar-refractivity contribution >= 4 is 23.5 Å². The molecule has 0 aromatic heterocycles. The van der Waals surface area contributed by atoms with E-state index in [1.165, 1.54) is 4.90 Å². The third-order valence-electron chi connectivity index (χ3n) is 4.71. The van der Waals surface area contributed by atoms with E-state index in [1.54, 1.807) is 32.4 Å². The van der Waals surface area contributed by atoms with Crippen LogP contribution in [0, 0.1) is 0 Å². The lowest BCUT2D eigenvalue weighted by atomic mass is 9.99. The summed E-state index contributed by atoms with van der Waals surface area (Å²) >= 11 is 1.81. The Morgan fingerprint density at radius 2 is 1.86 bits per heavy atom. The average Bonchev–Trinajstić information content (AvgIpc) is 2.74. The Bertz CT molecular complexity index is 779. The van der Waals surface area contributed by atoms with E-state index in [9.17, 15) is 4.79 Å². The number of thioether (sulfide) groups is 1. The third-order valence-corrected chi connectivity index (χ3v) is 6.20. The minimum atomic E-state index is -0.261. The number of rotatable bonds is 7. The summed E-state index contributed by atoms with van der Waals surface area (Å²) in [6.07, 6.45) is 1.78. The molecule has 0 saturated carbocycles. The molecule has 2 aromatic carbocycles. The summed E-state index contributed by atoms with van der Waals surface area (Å²) in [7, 11) is 3.15. The van der Waals surface area contributed by atoms with Crippen molar-refractivity contribution in [2.75, 3.05) is 39.3 Å². The van der Waals surface area contributed by atoms with Crippen molar-refractivity contribution in [3.8, 4) is 11.5 Å². The molecule has 0 radical (unpaired) electrons. The van der Waals surface area contributed by atoms with Gasteiger partial charge < -0.3 is 24.8 Å². The van der Waals surface area contributed by atoms with Gasteiger partial charge in [0, 0.05) is 35.5 Å². The van der Waals surface area contributed by atoms with Gasteiger partial charge >= 0.3 is 6.03 Å². The molecule has 0 unspecified atom stereocenters. The predicted octanol–water partition coefficient (Wildman–Crippen LogP) is 4.17. The highest BCUT2D eigenvalue weighted by Gasteiger charge is 2.34. The molecule has 2 aromatic rings. The highest BCUT2D eigenvalue weighted by molar-refractivity contribution is 8.00. The van der Waals surface area contributed by atoms with E-state index in [2.05, 4.69) is 22.8 Å². The van der Waals surface area contributed by atoms with Crippen LogP contribution in [0.4, 0.5) is 10.5 Å². The van der Waals surface area contributed by atoms with E-state index in [0.29, 0.717) is 36.9 Å². The zero-order valence-electron chi connectivity index (χ0n) is 16.2. The number of nitrogens with one attached hydrogen (secondary N) is 2. The molecular weight excluding hydrogens is 376 g/mol. The van der Waals surface area contributed by atoms with Gasteiger partial charge in [-0.05, 0) is 37.1 Å². The number of benzene rings is 2. The third kappa shape index (κ3) is 5.33. The molecule has 1 aliphatic heterocycles. The summed E-state index contributed by atoms with van der Waals surface area (Å²) in [4.78, 5) is 13.7. The summed E-state index contributed by atoms with van der Waals surface area (Å²) < 4.78 is 16.0. The number of methoxy groups -OCH3 is 2. The molecule has 150 valence electrons. The lowest BCUT2D eigenvalue weighted by Gasteiger charge is -2.36. The van der Waals surface area contributed by atoms with Gasteiger partial charge in [0.1, 0.15) is 11.5 Å². The lowest BCUT2D eigenvalue weighted by Crippen LogP contribution is -2.45. The Kier molecular flexibility index (Phi) is 7.06. The van der Waals surface area contributed by atoms with E-state index in [1.807, 2.05) is 30.0 Å². The highest BCUT2D eigenvalue weighted by atomic mass is 32.2. The van der Waals surface area contributed by atoms with Crippen LogP contribution in [0.1, 0.15) is 12.8 Å². The fraction of sp³-hybridized carbons (Fsp3) is 0.381. The van der Waals surface area contributed by atoms with Gasteiger partial charge in [0.2, 0.25) is 0 Å². The van der Waals surface area contributed by atoms with E-state index < -0.39 is 0 Å². The molecule has 2 N–H and O–H groups in total. The van der Waals surface area contributed by atoms with Gasteiger partial charge in [0.15, 0.2) is 0 Å². The number of urea groups is 1. The SMILES string of the molecule is COc1ccc(NC(=O)NCC2(Sc3ccccc3)CCOCC2)c(OC)c1. The van der Waals surface area contributed by atoms with Crippen LogP contribution in [-0.2, 0) is 4.74 Å². The van der Waals surface area contributed by atoms with Crippen molar-refractivity contribution in [3.05, 3.63) is 48.5 Å². The van der Waals surface area contributed by atoms with E-state index in [0.717, 1.165) is 12.8 Å². The van der Waals surface area contributed by atoms with Gasteiger partial charge in [-0.2, -0.15) is 0 Å². The maximum Gasteiger partial charge on any atom is 0.319 e. The quantitative estimate of drug-likeness (QED) is 0.728. The summed E-state index contributed by atoms with van der Waals surface area (Å²) in [6.45, 7) is 1.96.